The molecule has 0 aliphatic heterocycles. The van der Waals surface area contributed by atoms with Gasteiger partial charge in [-0.25, -0.2) is 9.67 Å². The minimum Gasteiger partial charge on any atom is -0.489 e. The van der Waals surface area contributed by atoms with Gasteiger partial charge in [0.2, 0.25) is 0 Å². The van der Waals surface area contributed by atoms with E-state index in [4.69, 9.17) is 4.74 Å². The Morgan fingerprint density at radius 2 is 1.80 bits per heavy atom. The molecule has 0 saturated heterocycles. The van der Waals surface area contributed by atoms with E-state index in [9.17, 15) is 0 Å². The molecule has 0 bridgehead atoms. The van der Waals surface area contributed by atoms with Crippen LogP contribution in [0.2, 0.25) is 0 Å². The van der Waals surface area contributed by atoms with Crippen molar-refractivity contribution >= 4 is 0 Å². The first-order valence-electron chi connectivity index (χ1n) is 6.48. The molecule has 1 aromatic heterocycles. The van der Waals surface area contributed by atoms with E-state index in [-0.39, 0.29) is 0 Å². The summed E-state index contributed by atoms with van der Waals surface area (Å²) >= 11 is 0. The maximum atomic E-state index is 5.81. The fraction of sp³-hybridized carbons (Fsp3) is 0.125. The van der Waals surface area contributed by atoms with Crippen molar-refractivity contribution in [3.63, 3.8) is 0 Å². The van der Waals surface area contributed by atoms with Gasteiger partial charge in [-0.15, -0.1) is 0 Å². The van der Waals surface area contributed by atoms with Gasteiger partial charge < -0.3 is 4.74 Å². The highest BCUT2D eigenvalue weighted by Crippen LogP contribution is 2.15. The quantitative estimate of drug-likeness (QED) is 0.712. The summed E-state index contributed by atoms with van der Waals surface area (Å²) in [6, 6.07) is 18.2. The number of nitrogens with zero attached hydrogens (tertiary/aromatic N) is 3. The third-order valence-corrected chi connectivity index (χ3v) is 2.96. The van der Waals surface area contributed by atoms with Crippen molar-refractivity contribution in [2.45, 2.75) is 13.2 Å². The smallest absolute Gasteiger partial charge is 0.137 e. The Morgan fingerprint density at radius 3 is 2.60 bits per heavy atom. The molecule has 0 aliphatic rings. The molecule has 0 N–H and O–H groups in total. The number of rotatable bonds is 5. The molecule has 0 atom stereocenters. The molecular weight excluding hydrogens is 250 g/mol. The Labute approximate surface area is 117 Å². The van der Waals surface area contributed by atoms with Crippen molar-refractivity contribution in [3.05, 3.63) is 78.4 Å². The molecule has 0 aliphatic carbocycles. The molecule has 0 radical (unpaired) electrons. The van der Waals surface area contributed by atoms with Gasteiger partial charge in [0.05, 0.1) is 6.54 Å². The van der Waals surface area contributed by atoms with Crippen LogP contribution in [-0.2, 0) is 13.2 Å². The number of hydrogen-bond acceptors (Lipinski definition) is 3. The SMILES string of the molecule is c1ccc(COc2cccc(Cn3cncn3)c2)cc1. The van der Waals surface area contributed by atoms with Crippen molar-refractivity contribution < 1.29 is 4.74 Å². The summed E-state index contributed by atoms with van der Waals surface area (Å²) in [7, 11) is 0. The fourth-order valence-electron chi connectivity index (χ4n) is 1.98. The third-order valence-electron chi connectivity index (χ3n) is 2.96. The van der Waals surface area contributed by atoms with E-state index in [1.54, 1.807) is 11.0 Å². The lowest BCUT2D eigenvalue weighted by Crippen LogP contribution is -2.01. The molecule has 0 amide bonds. The predicted octanol–water partition coefficient (Wildman–Crippen LogP) is 2.91. The topological polar surface area (TPSA) is 39.9 Å². The van der Waals surface area contributed by atoms with Crippen molar-refractivity contribution in [1.29, 1.82) is 0 Å². The molecular formula is C16H15N3O. The van der Waals surface area contributed by atoms with Gasteiger partial charge in [-0.1, -0.05) is 42.5 Å². The molecule has 100 valence electrons. The highest BCUT2D eigenvalue weighted by Gasteiger charge is 1.99. The molecule has 2 aromatic carbocycles. The summed E-state index contributed by atoms with van der Waals surface area (Å²) in [5, 5.41) is 4.10. The summed E-state index contributed by atoms with van der Waals surface area (Å²) in [5.74, 6) is 0.867. The average molecular weight is 265 g/mol. The second kappa shape index (κ2) is 6.02. The van der Waals surface area contributed by atoms with E-state index in [0.717, 1.165) is 16.9 Å². The van der Waals surface area contributed by atoms with Crippen molar-refractivity contribution in [3.8, 4) is 5.75 Å². The first kappa shape index (κ1) is 12.4. The van der Waals surface area contributed by atoms with Crippen LogP contribution in [0.15, 0.2) is 67.3 Å². The zero-order chi connectivity index (χ0) is 13.6. The second-order valence-corrected chi connectivity index (χ2v) is 4.51. The van der Waals surface area contributed by atoms with Crippen LogP contribution in [0.1, 0.15) is 11.1 Å². The summed E-state index contributed by atoms with van der Waals surface area (Å²) in [4.78, 5) is 3.94. The lowest BCUT2D eigenvalue weighted by atomic mass is 10.2. The molecule has 20 heavy (non-hydrogen) atoms. The number of hydrogen-bond donors (Lipinski definition) is 0. The Balaban J connectivity index is 1.65. The summed E-state index contributed by atoms with van der Waals surface area (Å²) in [6.45, 7) is 1.27. The van der Waals surface area contributed by atoms with Crippen LogP contribution in [0, 0.1) is 0 Å². The summed E-state index contributed by atoms with van der Waals surface area (Å²) in [6.07, 6.45) is 3.24. The van der Waals surface area contributed by atoms with Gasteiger partial charge in [0.1, 0.15) is 25.0 Å². The van der Waals surface area contributed by atoms with Crippen LogP contribution in [0.5, 0.6) is 5.75 Å². The van der Waals surface area contributed by atoms with Gasteiger partial charge in [-0.05, 0) is 23.3 Å². The predicted molar refractivity (Wildman–Crippen MR) is 76.3 cm³/mol. The normalized spacial score (nSPS) is 10.4. The van der Waals surface area contributed by atoms with E-state index in [1.165, 1.54) is 6.33 Å². The zero-order valence-corrected chi connectivity index (χ0v) is 11.0. The van der Waals surface area contributed by atoms with Crippen LogP contribution >= 0.6 is 0 Å². The van der Waals surface area contributed by atoms with Crippen LogP contribution in [0.4, 0.5) is 0 Å². The van der Waals surface area contributed by atoms with Crippen molar-refractivity contribution in [2.75, 3.05) is 0 Å². The Kier molecular flexibility index (Phi) is 3.73. The van der Waals surface area contributed by atoms with E-state index < -0.39 is 0 Å². The first-order valence-corrected chi connectivity index (χ1v) is 6.48. The van der Waals surface area contributed by atoms with Gasteiger partial charge >= 0.3 is 0 Å². The van der Waals surface area contributed by atoms with Crippen LogP contribution < -0.4 is 4.74 Å². The van der Waals surface area contributed by atoms with Gasteiger partial charge in [-0.3, -0.25) is 0 Å². The Morgan fingerprint density at radius 1 is 0.950 bits per heavy atom. The van der Waals surface area contributed by atoms with Crippen LogP contribution in [0.3, 0.4) is 0 Å². The molecule has 4 nitrogen and oxygen atoms in total. The monoisotopic (exact) mass is 265 g/mol. The highest BCUT2D eigenvalue weighted by molar-refractivity contribution is 5.29. The molecule has 3 rings (SSSR count). The Hall–Kier alpha value is -2.62. The second-order valence-electron chi connectivity index (χ2n) is 4.51. The van der Waals surface area contributed by atoms with Crippen LogP contribution in [-0.4, -0.2) is 14.8 Å². The van der Waals surface area contributed by atoms with Gasteiger partial charge in [0.25, 0.3) is 0 Å². The average Bonchev–Trinajstić information content (AvgIpc) is 3.00. The summed E-state index contributed by atoms with van der Waals surface area (Å²) < 4.78 is 7.59. The fourth-order valence-corrected chi connectivity index (χ4v) is 1.98. The van der Waals surface area contributed by atoms with Crippen LogP contribution in [0.25, 0.3) is 0 Å². The molecule has 0 fully saturated rings. The number of aromatic nitrogens is 3. The van der Waals surface area contributed by atoms with Gasteiger partial charge in [0, 0.05) is 0 Å². The Bertz CT molecular complexity index is 651. The minimum atomic E-state index is 0.577. The first-order chi connectivity index (χ1) is 9.90. The number of ether oxygens (including phenoxy) is 1. The van der Waals surface area contributed by atoms with E-state index in [1.807, 2.05) is 36.4 Å². The summed E-state index contributed by atoms with van der Waals surface area (Å²) in [5.41, 5.74) is 2.30. The molecule has 4 heteroatoms. The highest BCUT2D eigenvalue weighted by atomic mass is 16.5. The maximum Gasteiger partial charge on any atom is 0.137 e. The molecule has 0 unspecified atom stereocenters. The largest absolute Gasteiger partial charge is 0.489 e. The van der Waals surface area contributed by atoms with E-state index in [2.05, 4.69) is 28.3 Å². The molecule has 1 heterocycles. The van der Waals surface area contributed by atoms with Crippen molar-refractivity contribution in [2.24, 2.45) is 0 Å². The zero-order valence-electron chi connectivity index (χ0n) is 11.0. The van der Waals surface area contributed by atoms with E-state index >= 15 is 0 Å². The number of benzene rings is 2. The van der Waals surface area contributed by atoms with Gasteiger partial charge in [0.15, 0.2) is 0 Å². The lowest BCUT2D eigenvalue weighted by molar-refractivity contribution is 0.306. The third kappa shape index (κ3) is 3.23. The van der Waals surface area contributed by atoms with E-state index in [0.29, 0.717) is 13.2 Å². The van der Waals surface area contributed by atoms with Crippen molar-refractivity contribution in [1.82, 2.24) is 14.8 Å². The maximum absolute atomic E-state index is 5.81. The molecule has 0 spiro atoms. The minimum absolute atomic E-state index is 0.577. The molecule has 3 aromatic rings. The lowest BCUT2D eigenvalue weighted by Gasteiger charge is -2.08. The molecule has 0 saturated carbocycles. The van der Waals surface area contributed by atoms with Gasteiger partial charge in [-0.2, -0.15) is 5.10 Å². The standard InChI is InChI=1S/C16H15N3O/c1-2-5-14(6-3-1)11-20-16-8-4-7-15(9-16)10-19-13-17-12-18-19/h1-9,12-13H,10-11H2.